The topological polar surface area (TPSA) is 84.5 Å². The molecule has 0 heterocycles. The second-order valence-corrected chi connectivity index (χ2v) is 8.92. The van der Waals surface area contributed by atoms with Crippen LogP contribution in [0.25, 0.3) is 0 Å². The van der Waals surface area contributed by atoms with Crippen molar-refractivity contribution in [3.63, 3.8) is 0 Å². The molecular weight excluding hydrogens is 395 g/mol. The van der Waals surface area contributed by atoms with Gasteiger partial charge in [-0.2, -0.15) is 4.72 Å². The molecule has 2 N–H and O–H groups in total. The van der Waals surface area contributed by atoms with Crippen molar-refractivity contribution in [1.29, 1.82) is 0 Å². The summed E-state index contributed by atoms with van der Waals surface area (Å²) < 4.78 is 46.8. The van der Waals surface area contributed by atoms with Gasteiger partial charge in [0.1, 0.15) is 29.1 Å². The Hall–Kier alpha value is -2.45. The molecule has 1 atom stereocenters. The van der Waals surface area contributed by atoms with Crippen LogP contribution in [0.5, 0.6) is 5.75 Å². The highest BCUT2D eigenvalue weighted by atomic mass is 32.2. The number of aryl methyl sites for hydroxylation is 2. The standard InChI is InChI=1S/C21H27FN2O4S/c1-14(2)20(24-29(26,27)19-8-6-5-7-18(19)22)21(25)23-9-10-28-17-12-15(3)11-16(4)13-17/h5-8,11-14,20,24H,9-10H2,1-4H3,(H,23,25)/t20-/m0/s1. The van der Waals surface area contributed by atoms with E-state index >= 15 is 0 Å². The van der Waals surface area contributed by atoms with E-state index in [4.69, 9.17) is 4.74 Å². The molecule has 0 radical (unpaired) electrons. The van der Waals surface area contributed by atoms with Gasteiger partial charge in [0.25, 0.3) is 0 Å². The van der Waals surface area contributed by atoms with Crippen LogP contribution in [0.1, 0.15) is 25.0 Å². The second-order valence-electron chi connectivity index (χ2n) is 7.24. The van der Waals surface area contributed by atoms with Crippen LogP contribution in [0.2, 0.25) is 0 Å². The highest BCUT2D eigenvalue weighted by molar-refractivity contribution is 7.89. The zero-order chi connectivity index (χ0) is 21.6. The van der Waals surface area contributed by atoms with Crippen molar-refractivity contribution in [3.05, 3.63) is 59.4 Å². The zero-order valence-electron chi connectivity index (χ0n) is 17.0. The fourth-order valence-electron chi connectivity index (χ4n) is 2.85. The van der Waals surface area contributed by atoms with Crippen molar-refractivity contribution >= 4 is 15.9 Å². The number of hydrogen-bond donors (Lipinski definition) is 2. The van der Waals surface area contributed by atoms with E-state index in [9.17, 15) is 17.6 Å². The van der Waals surface area contributed by atoms with Crippen molar-refractivity contribution in [2.75, 3.05) is 13.2 Å². The van der Waals surface area contributed by atoms with Gasteiger partial charge in [0, 0.05) is 0 Å². The van der Waals surface area contributed by atoms with Crippen molar-refractivity contribution in [1.82, 2.24) is 10.0 Å². The summed E-state index contributed by atoms with van der Waals surface area (Å²) in [7, 11) is -4.18. The molecule has 0 spiro atoms. The zero-order valence-corrected chi connectivity index (χ0v) is 17.8. The van der Waals surface area contributed by atoms with Gasteiger partial charge in [0.05, 0.1) is 6.54 Å². The molecule has 29 heavy (non-hydrogen) atoms. The fourth-order valence-corrected chi connectivity index (χ4v) is 4.28. The SMILES string of the molecule is Cc1cc(C)cc(OCCNC(=O)[C@@H](NS(=O)(=O)c2ccccc2F)C(C)C)c1. The summed E-state index contributed by atoms with van der Waals surface area (Å²) in [6.45, 7) is 7.79. The third-order valence-electron chi connectivity index (χ3n) is 4.22. The Bertz CT molecular complexity index is 941. The Morgan fingerprint density at radius 1 is 1.10 bits per heavy atom. The molecule has 0 aliphatic carbocycles. The predicted octanol–water partition coefficient (Wildman–Crippen LogP) is 2.94. The van der Waals surface area contributed by atoms with Crippen LogP contribution in [0.15, 0.2) is 47.4 Å². The number of sulfonamides is 1. The molecular formula is C21H27FN2O4S. The Balaban J connectivity index is 1.96. The van der Waals surface area contributed by atoms with Gasteiger partial charge in [0.15, 0.2) is 0 Å². The van der Waals surface area contributed by atoms with Gasteiger partial charge in [-0.3, -0.25) is 4.79 Å². The van der Waals surface area contributed by atoms with E-state index in [2.05, 4.69) is 10.0 Å². The summed E-state index contributed by atoms with van der Waals surface area (Å²) in [4.78, 5) is 12.0. The van der Waals surface area contributed by atoms with E-state index < -0.39 is 32.7 Å². The van der Waals surface area contributed by atoms with E-state index in [0.29, 0.717) is 5.75 Å². The molecule has 2 aromatic rings. The number of hydrogen-bond acceptors (Lipinski definition) is 4. The molecule has 2 aromatic carbocycles. The Kier molecular flexibility index (Phi) is 7.75. The number of amides is 1. The molecule has 8 heteroatoms. The minimum Gasteiger partial charge on any atom is -0.492 e. The van der Waals surface area contributed by atoms with E-state index in [-0.39, 0.29) is 19.1 Å². The molecule has 0 saturated carbocycles. The predicted molar refractivity (Wildman–Crippen MR) is 110 cm³/mol. The van der Waals surface area contributed by atoms with Gasteiger partial charge in [-0.05, 0) is 55.2 Å². The summed E-state index contributed by atoms with van der Waals surface area (Å²) in [6, 6.07) is 9.82. The third kappa shape index (κ3) is 6.54. The van der Waals surface area contributed by atoms with E-state index in [1.165, 1.54) is 12.1 Å². The largest absolute Gasteiger partial charge is 0.492 e. The lowest BCUT2D eigenvalue weighted by Gasteiger charge is -2.22. The highest BCUT2D eigenvalue weighted by Crippen LogP contribution is 2.17. The normalized spacial score (nSPS) is 12.6. The van der Waals surface area contributed by atoms with Crippen molar-refractivity contribution in [2.45, 2.75) is 38.6 Å². The number of nitrogens with one attached hydrogen (secondary N) is 2. The minimum absolute atomic E-state index is 0.205. The van der Waals surface area contributed by atoms with Gasteiger partial charge in [-0.25, -0.2) is 12.8 Å². The molecule has 158 valence electrons. The fraction of sp³-hybridized carbons (Fsp3) is 0.381. The average Bonchev–Trinajstić information content (AvgIpc) is 2.62. The van der Waals surface area contributed by atoms with Gasteiger partial charge >= 0.3 is 0 Å². The van der Waals surface area contributed by atoms with Gasteiger partial charge in [0.2, 0.25) is 15.9 Å². The first kappa shape index (κ1) is 22.8. The molecule has 0 aliphatic rings. The summed E-state index contributed by atoms with van der Waals surface area (Å²) in [5, 5.41) is 2.67. The first-order valence-corrected chi connectivity index (χ1v) is 10.8. The molecule has 0 unspecified atom stereocenters. The van der Waals surface area contributed by atoms with Crippen molar-refractivity contribution < 1.29 is 22.3 Å². The smallest absolute Gasteiger partial charge is 0.244 e. The average molecular weight is 423 g/mol. The van der Waals surface area contributed by atoms with Crippen LogP contribution >= 0.6 is 0 Å². The number of ether oxygens (including phenoxy) is 1. The maximum atomic E-state index is 13.9. The number of carbonyl (C=O) groups is 1. The summed E-state index contributed by atoms with van der Waals surface area (Å²) in [5.41, 5.74) is 2.15. The molecule has 6 nitrogen and oxygen atoms in total. The van der Waals surface area contributed by atoms with E-state index in [1.54, 1.807) is 13.8 Å². The van der Waals surface area contributed by atoms with Gasteiger partial charge in [-0.1, -0.05) is 32.0 Å². The lowest BCUT2D eigenvalue weighted by Crippen LogP contribution is -2.50. The van der Waals surface area contributed by atoms with Crippen LogP contribution in [0.4, 0.5) is 4.39 Å². The Morgan fingerprint density at radius 3 is 2.31 bits per heavy atom. The minimum atomic E-state index is -4.18. The maximum Gasteiger partial charge on any atom is 0.244 e. The third-order valence-corrected chi connectivity index (χ3v) is 5.70. The molecule has 0 aliphatic heterocycles. The van der Waals surface area contributed by atoms with Crippen molar-refractivity contribution in [2.24, 2.45) is 5.92 Å². The van der Waals surface area contributed by atoms with Crippen LogP contribution in [0, 0.1) is 25.6 Å². The summed E-state index contributed by atoms with van der Waals surface area (Å²) in [5.74, 6) is -0.997. The summed E-state index contributed by atoms with van der Waals surface area (Å²) in [6.07, 6.45) is 0. The van der Waals surface area contributed by atoms with Crippen LogP contribution in [0.3, 0.4) is 0 Å². The van der Waals surface area contributed by atoms with Gasteiger partial charge < -0.3 is 10.1 Å². The van der Waals surface area contributed by atoms with Crippen LogP contribution in [-0.4, -0.2) is 33.5 Å². The molecule has 2 rings (SSSR count). The Morgan fingerprint density at radius 2 is 1.72 bits per heavy atom. The molecule has 0 aromatic heterocycles. The van der Waals surface area contributed by atoms with Gasteiger partial charge in [-0.15, -0.1) is 0 Å². The molecule has 1 amide bonds. The Labute approximate surface area is 171 Å². The van der Waals surface area contributed by atoms with E-state index in [0.717, 1.165) is 23.3 Å². The molecule has 0 bridgehead atoms. The number of rotatable bonds is 9. The summed E-state index contributed by atoms with van der Waals surface area (Å²) >= 11 is 0. The maximum absolute atomic E-state index is 13.9. The quantitative estimate of drug-likeness (QED) is 0.609. The first-order chi connectivity index (χ1) is 13.6. The molecule has 0 saturated heterocycles. The van der Waals surface area contributed by atoms with Crippen LogP contribution < -0.4 is 14.8 Å². The second kappa shape index (κ2) is 9.84. The number of carbonyl (C=O) groups excluding carboxylic acids is 1. The number of benzene rings is 2. The highest BCUT2D eigenvalue weighted by Gasteiger charge is 2.29. The van der Waals surface area contributed by atoms with Crippen LogP contribution in [-0.2, 0) is 14.8 Å². The lowest BCUT2D eigenvalue weighted by molar-refractivity contribution is -0.123. The van der Waals surface area contributed by atoms with Crippen molar-refractivity contribution in [3.8, 4) is 5.75 Å². The lowest BCUT2D eigenvalue weighted by atomic mass is 10.1. The molecule has 0 fully saturated rings. The number of halogens is 1. The monoisotopic (exact) mass is 422 g/mol. The van der Waals surface area contributed by atoms with E-state index in [1.807, 2.05) is 32.0 Å². The first-order valence-electron chi connectivity index (χ1n) is 9.36.